The summed E-state index contributed by atoms with van der Waals surface area (Å²) in [6, 6.07) is 10.9. The van der Waals surface area contributed by atoms with Crippen LogP contribution in [0.1, 0.15) is 10.4 Å². The zero-order chi connectivity index (χ0) is 16.9. The third-order valence-corrected chi connectivity index (χ3v) is 3.54. The molecule has 0 radical (unpaired) electrons. The minimum atomic E-state index is -0.593. The van der Waals surface area contributed by atoms with Gasteiger partial charge in [0.05, 0.1) is 11.8 Å². The Morgan fingerprint density at radius 2 is 1.92 bits per heavy atom. The number of hydrogen-bond acceptors (Lipinski definition) is 4. The fraction of sp³-hybridized carbons (Fsp3) is 0. The number of amides is 1. The number of rotatable bonds is 4. The van der Waals surface area contributed by atoms with Gasteiger partial charge in [0.2, 0.25) is 5.88 Å². The Kier molecular flexibility index (Phi) is 4.81. The van der Waals surface area contributed by atoms with E-state index in [9.17, 15) is 9.18 Å². The topological polar surface area (TPSA) is 64.1 Å². The molecule has 7 heteroatoms. The van der Waals surface area contributed by atoms with Gasteiger partial charge in [0.25, 0.3) is 5.91 Å². The molecule has 3 rings (SSSR count). The number of aromatic nitrogens is 2. The summed E-state index contributed by atoms with van der Waals surface area (Å²) < 4.78 is 19.9. The third kappa shape index (κ3) is 3.94. The first-order valence-corrected chi connectivity index (χ1v) is 7.71. The van der Waals surface area contributed by atoms with Crippen LogP contribution < -0.4 is 10.1 Å². The Labute approximate surface area is 145 Å². The molecule has 0 unspecified atom stereocenters. The van der Waals surface area contributed by atoms with E-state index in [1.807, 2.05) is 0 Å². The molecule has 0 aliphatic rings. The summed E-state index contributed by atoms with van der Waals surface area (Å²) in [6.45, 7) is 0. The molecule has 120 valence electrons. The summed E-state index contributed by atoms with van der Waals surface area (Å²) in [5.74, 6) is -0.207. The summed E-state index contributed by atoms with van der Waals surface area (Å²) in [5, 5.41) is 2.63. The van der Waals surface area contributed by atoms with Crippen molar-refractivity contribution in [2.45, 2.75) is 0 Å². The fourth-order valence-corrected chi connectivity index (χ4v) is 2.27. The number of anilines is 1. The van der Waals surface area contributed by atoms with E-state index < -0.39 is 11.7 Å². The van der Waals surface area contributed by atoms with Crippen molar-refractivity contribution >= 4 is 27.5 Å². The summed E-state index contributed by atoms with van der Waals surface area (Å²) in [6.07, 6.45) is 4.56. The second-order valence-electron chi connectivity index (χ2n) is 4.75. The molecule has 0 bridgehead atoms. The number of halogens is 2. The summed E-state index contributed by atoms with van der Waals surface area (Å²) in [4.78, 5) is 20.0. The van der Waals surface area contributed by atoms with Gasteiger partial charge in [-0.15, -0.1) is 0 Å². The quantitative estimate of drug-likeness (QED) is 0.719. The number of carbonyl (C=O) groups excluding carboxylic acids is 1. The van der Waals surface area contributed by atoms with Crippen molar-refractivity contribution in [3.05, 3.63) is 76.9 Å². The third-order valence-electron chi connectivity index (χ3n) is 3.05. The number of hydrogen-bond donors (Lipinski definition) is 1. The average molecular weight is 388 g/mol. The molecule has 1 N–H and O–H groups in total. The van der Waals surface area contributed by atoms with E-state index in [4.69, 9.17) is 4.74 Å². The maximum Gasteiger partial charge on any atom is 0.258 e. The molecule has 2 aromatic carbocycles. The molecule has 1 heterocycles. The molecule has 3 aromatic rings. The number of benzene rings is 2. The van der Waals surface area contributed by atoms with Crippen LogP contribution in [-0.4, -0.2) is 15.9 Å². The van der Waals surface area contributed by atoms with E-state index in [2.05, 4.69) is 31.2 Å². The zero-order valence-corrected chi connectivity index (χ0v) is 13.8. The second kappa shape index (κ2) is 7.18. The maximum absolute atomic E-state index is 13.8. The Bertz CT molecular complexity index is 857. The van der Waals surface area contributed by atoms with Crippen LogP contribution in [0.15, 0.2) is 65.5 Å². The highest BCUT2D eigenvalue weighted by molar-refractivity contribution is 9.10. The molecule has 0 saturated carbocycles. The molecule has 1 amide bonds. The molecule has 24 heavy (non-hydrogen) atoms. The van der Waals surface area contributed by atoms with Crippen LogP contribution in [-0.2, 0) is 0 Å². The Hall–Kier alpha value is -2.80. The van der Waals surface area contributed by atoms with E-state index in [0.29, 0.717) is 21.8 Å². The summed E-state index contributed by atoms with van der Waals surface area (Å²) >= 11 is 3.15. The highest BCUT2D eigenvalue weighted by Crippen LogP contribution is 2.22. The van der Waals surface area contributed by atoms with Crippen molar-refractivity contribution in [1.82, 2.24) is 9.97 Å². The number of nitrogens with one attached hydrogen (secondary N) is 1. The smallest absolute Gasteiger partial charge is 0.258 e. The second-order valence-corrected chi connectivity index (χ2v) is 5.66. The standard InChI is InChI=1S/C17H11BrFN3O2/c18-11-1-6-14(15(19)9-11)17(23)22-12-2-4-13(5-3-12)24-16-10-20-7-8-21-16/h1-10H,(H,22,23). The van der Waals surface area contributed by atoms with Gasteiger partial charge in [0, 0.05) is 22.6 Å². The van der Waals surface area contributed by atoms with Gasteiger partial charge in [-0.25, -0.2) is 9.37 Å². The molecule has 0 atom stereocenters. The van der Waals surface area contributed by atoms with E-state index >= 15 is 0 Å². The lowest BCUT2D eigenvalue weighted by Gasteiger charge is -2.08. The van der Waals surface area contributed by atoms with E-state index in [1.54, 1.807) is 36.5 Å². The molecule has 1 aromatic heterocycles. The molecule has 0 saturated heterocycles. The van der Waals surface area contributed by atoms with Gasteiger partial charge < -0.3 is 10.1 Å². The van der Waals surface area contributed by atoms with Crippen molar-refractivity contribution in [1.29, 1.82) is 0 Å². The first-order chi connectivity index (χ1) is 11.6. The minimum Gasteiger partial charge on any atom is -0.438 e. The minimum absolute atomic E-state index is 0.0295. The number of ether oxygens (including phenoxy) is 1. The Morgan fingerprint density at radius 1 is 1.12 bits per heavy atom. The highest BCUT2D eigenvalue weighted by Gasteiger charge is 2.12. The van der Waals surface area contributed by atoms with Gasteiger partial charge >= 0.3 is 0 Å². The Morgan fingerprint density at radius 3 is 2.58 bits per heavy atom. The average Bonchev–Trinajstić information content (AvgIpc) is 2.57. The molecule has 0 aliphatic carbocycles. The molecular weight excluding hydrogens is 377 g/mol. The van der Waals surface area contributed by atoms with Crippen LogP contribution in [0.3, 0.4) is 0 Å². The Balaban J connectivity index is 1.68. The van der Waals surface area contributed by atoms with Crippen molar-refractivity contribution in [2.24, 2.45) is 0 Å². The van der Waals surface area contributed by atoms with Crippen molar-refractivity contribution in [3.63, 3.8) is 0 Å². The van der Waals surface area contributed by atoms with Crippen LogP contribution in [0, 0.1) is 5.82 Å². The van der Waals surface area contributed by atoms with Crippen molar-refractivity contribution < 1.29 is 13.9 Å². The van der Waals surface area contributed by atoms with Gasteiger partial charge in [-0.1, -0.05) is 15.9 Å². The van der Waals surface area contributed by atoms with E-state index in [-0.39, 0.29) is 5.56 Å². The molecule has 0 aliphatic heterocycles. The predicted molar refractivity (Wildman–Crippen MR) is 90.6 cm³/mol. The monoisotopic (exact) mass is 387 g/mol. The first kappa shape index (κ1) is 16.1. The molecule has 0 spiro atoms. The van der Waals surface area contributed by atoms with Gasteiger partial charge in [-0.05, 0) is 42.5 Å². The van der Waals surface area contributed by atoms with Crippen LogP contribution in [0.25, 0.3) is 0 Å². The lowest BCUT2D eigenvalue weighted by atomic mass is 10.2. The number of carbonyl (C=O) groups is 1. The van der Waals surface area contributed by atoms with Gasteiger partial charge in [-0.3, -0.25) is 9.78 Å². The zero-order valence-electron chi connectivity index (χ0n) is 12.2. The number of nitrogens with zero attached hydrogens (tertiary/aromatic N) is 2. The summed E-state index contributed by atoms with van der Waals surface area (Å²) in [5.41, 5.74) is 0.493. The SMILES string of the molecule is O=C(Nc1ccc(Oc2cnccn2)cc1)c1ccc(Br)cc1F. The first-order valence-electron chi connectivity index (χ1n) is 6.92. The molecular formula is C17H11BrFN3O2. The van der Waals surface area contributed by atoms with Crippen LogP contribution in [0.5, 0.6) is 11.6 Å². The van der Waals surface area contributed by atoms with Crippen molar-refractivity contribution in [2.75, 3.05) is 5.32 Å². The molecule has 5 nitrogen and oxygen atoms in total. The predicted octanol–water partition coefficient (Wildman–Crippen LogP) is 4.42. The maximum atomic E-state index is 13.8. The highest BCUT2D eigenvalue weighted by atomic mass is 79.9. The summed E-state index contributed by atoms with van der Waals surface area (Å²) in [7, 11) is 0. The normalized spacial score (nSPS) is 10.2. The van der Waals surface area contributed by atoms with Gasteiger partial charge in [-0.2, -0.15) is 0 Å². The largest absolute Gasteiger partial charge is 0.438 e. The lowest BCUT2D eigenvalue weighted by molar-refractivity contribution is 0.102. The van der Waals surface area contributed by atoms with E-state index in [1.165, 1.54) is 24.5 Å². The van der Waals surface area contributed by atoms with Crippen LogP contribution in [0.2, 0.25) is 0 Å². The van der Waals surface area contributed by atoms with Gasteiger partial charge in [0.1, 0.15) is 11.6 Å². The lowest BCUT2D eigenvalue weighted by Crippen LogP contribution is -2.13. The fourth-order valence-electron chi connectivity index (χ4n) is 1.94. The van der Waals surface area contributed by atoms with Crippen LogP contribution in [0.4, 0.5) is 10.1 Å². The van der Waals surface area contributed by atoms with Crippen LogP contribution >= 0.6 is 15.9 Å². The van der Waals surface area contributed by atoms with Crippen molar-refractivity contribution in [3.8, 4) is 11.6 Å². The van der Waals surface area contributed by atoms with Gasteiger partial charge in [0.15, 0.2) is 0 Å². The molecule has 0 fully saturated rings. The van der Waals surface area contributed by atoms with E-state index in [0.717, 1.165) is 0 Å².